The van der Waals surface area contributed by atoms with Crippen molar-refractivity contribution in [2.75, 3.05) is 20.2 Å². The van der Waals surface area contributed by atoms with Gasteiger partial charge in [0.05, 0.1) is 11.8 Å². The topological polar surface area (TPSA) is 21.3 Å². The first-order chi connectivity index (χ1) is 8.40. The molecular weight excluding hydrogens is 230 g/mol. The van der Waals surface area contributed by atoms with Gasteiger partial charge in [0.15, 0.2) is 0 Å². The van der Waals surface area contributed by atoms with Crippen LogP contribution < -0.4 is 10.1 Å². The highest BCUT2D eigenvalue weighted by Crippen LogP contribution is 2.38. The SMILES string of the molecule is COc1ccc(C2CCNCC2)c2ccsc12. The quantitative estimate of drug-likeness (QED) is 0.878. The average Bonchev–Trinajstić information content (AvgIpc) is 2.88. The van der Waals surface area contributed by atoms with E-state index in [1.807, 2.05) is 0 Å². The van der Waals surface area contributed by atoms with Gasteiger partial charge in [0.2, 0.25) is 0 Å². The van der Waals surface area contributed by atoms with Crippen LogP contribution in [-0.2, 0) is 0 Å². The standard InChI is InChI=1S/C14H17NOS/c1-16-13-3-2-11(10-4-7-15-8-5-10)12-6-9-17-14(12)13/h2-3,6,9-10,15H,4-5,7-8H2,1H3. The lowest BCUT2D eigenvalue weighted by Crippen LogP contribution is -2.26. The smallest absolute Gasteiger partial charge is 0.136 e. The number of piperidine rings is 1. The minimum atomic E-state index is 0.708. The minimum absolute atomic E-state index is 0.708. The predicted octanol–water partition coefficient (Wildman–Crippen LogP) is 3.38. The van der Waals surface area contributed by atoms with Gasteiger partial charge in [-0.1, -0.05) is 6.07 Å². The Hall–Kier alpha value is -1.06. The van der Waals surface area contributed by atoms with E-state index in [0.29, 0.717) is 5.92 Å². The van der Waals surface area contributed by atoms with Crippen molar-refractivity contribution < 1.29 is 4.74 Å². The highest BCUT2D eigenvalue weighted by molar-refractivity contribution is 7.17. The molecule has 1 saturated heterocycles. The highest BCUT2D eigenvalue weighted by Gasteiger charge is 2.18. The summed E-state index contributed by atoms with van der Waals surface area (Å²) in [5.41, 5.74) is 1.50. The summed E-state index contributed by atoms with van der Waals surface area (Å²) in [5, 5.41) is 6.98. The Kier molecular flexibility index (Phi) is 3.04. The first kappa shape index (κ1) is 11.1. The van der Waals surface area contributed by atoms with Crippen molar-refractivity contribution in [1.82, 2.24) is 5.32 Å². The molecule has 1 aliphatic rings. The first-order valence-electron chi connectivity index (χ1n) is 6.15. The second-order valence-electron chi connectivity index (χ2n) is 4.54. The Morgan fingerprint density at radius 1 is 1.24 bits per heavy atom. The summed E-state index contributed by atoms with van der Waals surface area (Å²) in [6, 6.07) is 6.61. The van der Waals surface area contributed by atoms with Gasteiger partial charge >= 0.3 is 0 Å². The highest BCUT2D eigenvalue weighted by atomic mass is 32.1. The number of methoxy groups -OCH3 is 1. The third-order valence-electron chi connectivity index (χ3n) is 3.61. The molecule has 17 heavy (non-hydrogen) atoms. The molecule has 1 aliphatic heterocycles. The van der Waals surface area contributed by atoms with Crippen molar-refractivity contribution in [3.63, 3.8) is 0 Å². The van der Waals surface area contributed by atoms with Crippen LogP contribution in [0.15, 0.2) is 23.6 Å². The molecule has 0 saturated carbocycles. The molecule has 0 unspecified atom stereocenters. The fourth-order valence-electron chi connectivity index (χ4n) is 2.71. The van der Waals surface area contributed by atoms with E-state index in [4.69, 9.17) is 4.74 Å². The van der Waals surface area contributed by atoms with Crippen LogP contribution in [0.5, 0.6) is 5.75 Å². The van der Waals surface area contributed by atoms with Crippen molar-refractivity contribution >= 4 is 21.4 Å². The van der Waals surface area contributed by atoms with Crippen LogP contribution in [0.25, 0.3) is 10.1 Å². The van der Waals surface area contributed by atoms with Gasteiger partial charge in [0.25, 0.3) is 0 Å². The van der Waals surface area contributed by atoms with E-state index in [0.717, 1.165) is 18.8 Å². The monoisotopic (exact) mass is 247 g/mol. The number of hydrogen-bond acceptors (Lipinski definition) is 3. The molecule has 0 amide bonds. The van der Waals surface area contributed by atoms with Crippen LogP contribution in [0.2, 0.25) is 0 Å². The lowest BCUT2D eigenvalue weighted by molar-refractivity contribution is 0.420. The lowest BCUT2D eigenvalue weighted by Gasteiger charge is -2.24. The van der Waals surface area contributed by atoms with Crippen molar-refractivity contribution in [2.24, 2.45) is 0 Å². The van der Waals surface area contributed by atoms with E-state index in [2.05, 4.69) is 28.9 Å². The maximum atomic E-state index is 5.43. The maximum Gasteiger partial charge on any atom is 0.136 e. The largest absolute Gasteiger partial charge is 0.495 e. The van der Waals surface area contributed by atoms with E-state index < -0.39 is 0 Å². The number of thiophene rings is 1. The molecule has 1 aromatic carbocycles. The fraction of sp³-hybridized carbons (Fsp3) is 0.429. The van der Waals surface area contributed by atoms with Crippen LogP contribution in [-0.4, -0.2) is 20.2 Å². The minimum Gasteiger partial charge on any atom is -0.495 e. The number of hydrogen-bond donors (Lipinski definition) is 1. The number of fused-ring (bicyclic) bond motifs is 1. The zero-order chi connectivity index (χ0) is 11.7. The first-order valence-corrected chi connectivity index (χ1v) is 7.03. The Balaban J connectivity index is 2.07. The summed E-state index contributed by atoms with van der Waals surface area (Å²) >= 11 is 1.78. The zero-order valence-electron chi connectivity index (χ0n) is 10.0. The Bertz CT molecular complexity index is 514. The zero-order valence-corrected chi connectivity index (χ0v) is 10.8. The number of ether oxygens (including phenoxy) is 1. The Morgan fingerprint density at radius 2 is 2.06 bits per heavy atom. The molecule has 0 spiro atoms. The number of nitrogens with one attached hydrogen (secondary N) is 1. The van der Waals surface area contributed by atoms with Crippen LogP contribution in [0.1, 0.15) is 24.3 Å². The van der Waals surface area contributed by atoms with Gasteiger partial charge in [-0.25, -0.2) is 0 Å². The number of benzene rings is 1. The second kappa shape index (κ2) is 4.67. The molecular formula is C14H17NOS. The Labute approximate surface area is 106 Å². The van der Waals surface area contributed by atoms with E-state index in [1.165, 1.54) is 28.5 Å². The molecule has 0 bridgehead atoms. The summed E-state index contributed by atoms with van der Waals surface area (Å²) in [6.07, 6.45) is 2.49. The van der Waals surface area contributed by atoms with Crippen LogP contribution in [0.3, 0.4) is 0 Å². The van der Waals surface area contributed by atoms with E-state index in [-0.39, 0.29) is 0 Å². The molecule has 1 aromatic heterocycles. The van der Waals surface area contributed by atoms with Gasteiger partial charge in [-0.15, -0.1) is 11.3 Å². The van der Waals surface area contributed by atoms with Crippen molar-refractivity contribution in [2.45, 2.75) is 18.8 Å². The predicted molar refractivity (Wildman–Crippen MR) is 73.2 cm³/mol. The molecule has 2 nitrogen and oxygen atoms in total. The summed E-state index contributed by atoms with van der Waals surface area (Å²) < 4.78 is 6.72. The van der Waals surface area contributed by atoms with Gasteiger partial charge in [-0.2, -0.15) is 0 Å². The van der Waals surface area contributed by atoms with Gasteiger partial charge in [-0.05, 0) is 60.3 Å². The third-order valence-corrected chi connectivity index (χ3v) is 4.54. The van der Waals surface area contributed by atoms with Crippen LogP contribution >= 0.6 is 11.3 Å². The van der Waals surface area contributed by atoms with Gasteiger partial charge in [0.1, 0.15) is 5.75 Å². The van der Waals surface area contributed by atoms with Crippen LogP contribution in [0.4, 0.5) is 0 Å². The Morgan fingerprint density at radius 3 is 2.82 bits per heavy atom. The van der Waals surface area contributed by atoms with Gasteiger partial charge in [0, 0.05) is 0 Å². The molecule has 3 heteroatoms. The second-order valence-corrected chi connectivity index (χ2v) is 5.46. The summed E-state index contributed by atoms with van der Waals surface area (Å²) in [5.74, 6) is 1.71. The lowest BCUT2D eigenvalue weighted by atomic mass is 9.88. The molecule has 2 aromatic rings. The van der Waals surface area contributed by atoms with Gasteiger partial charge < -0.3 is 10.1 Å². The number of rotatable bonds is 2. The van der Waals surface area contributed by atoms with E-state index >= 15 is 0 Å². The average molecular weight is 247 g/mol. The molecule has 1 fully saturated rings. The van der Waals surface area contributed by atoms with Crippen LogP contribution in [0, 0.1) is 0 Å². The summed E-state index contributed by atoms with van der Waals surface area (Å²) in [7, 11) is 1.75. The molecule has 3 rings (SSSR count). The summed E-state index contributed by atoms with van der Waals surface area (Å²) in [4.78, 5) is 0. The molecule has 0 radical (unpaired) electrons. The molecule has 0 aliphatic carbocycles. The van der Waals surface area contributed by atoms with Crippen molar-refractivity contribution in [1.29, 1.82) is 0 Å². The molecule has 0 atom stereocenters. The maximum absolute atomic E-state index is 5.43. The van der Waals surface area contributed by atoms with Crippen molar-refractivity contribution in [3.8, 4) is 5.75 Å². The summed E-state index contributed by atoms with van der Waals surface area (Å²) in [6.45, 7) is 2.28. The normalized spacial score (nSPS) is 17.5. The fourth-order valence-corrected chi connectivity index (χ4v) is 3.63. The van der Waals surface area contributed by atoms with Crippen molar-refractivity contribution in [3.05, 3.63) is 29.1 Å². The van der Waals surface area contributed by atoms with Gasteiger partial charge in [-0.3, -0.25) is 0 Å². The third kappa shape index (κ3) is 1.94. The van der Waals surface area contributed by atoms with E-state index in [1.54, 1.807) is 18.4 Å². The van der Waals surface area contributed by atoms with E-state index in [9.17, 15) is 0 Å². The molecule has 90 valence electrons. The molecule has 2 heterocycles. The molecule has 1 N–H and O–H groups in total.